The molecule has 0 aliphatic carbocycles. The van der Waals surface area contributed by atoms with Gasteiger partial charge in [0, 0.05) is 22.5 Å². The molecule has 0 aliphatic heterocycles. The lowest BCUT2D eigenvalue weighted by atomic mass is 10.1. The highest BCUT2D eigenvalue weighted by atomic mass is 16.3. The van der Waals surface area contributed by atoms with Crippen LogP contribution >= 0.6 is 0 Å². The molecule has 5 rings (SSSR count). The lowest BCUT2D eigenvalue weighted by Crippen LogP contribution is -2.15. The highest BCUT2D eigenvalue weighted by molar-refractivity contribution is 6.07. The number of nitrogens with one attached hydrogen (secondary N) is 3. The molecule has 0 fully saturated rings. The van der Waals surface area contributed by atoms with Gasteiger partial charge in [-0.15, -0.1) is 0 Å². The number of rotatable bonds is 5. The van der Waals surface area contributed by atoms with Gasteiger partial charge < -0.3 is 20.0 Å². The van der Waals surface area contributed by atoms with Gasteiger partial charge in [-0.25, -0.2) is 4.98 Å². The number of carbonyl (C=O) groups excluding carboxylic acids is 2. The summed E-state index contributed by atoms with van der Waals surface area (Å²) in [6, 6.07) is 23.6. The molecule has 5 aromatic rings. The van der Waals surface area contributed by atoms with Crippen LogP contribution in [0.15, 0.2) is 89.5 Å². The molecule has 0 saturated heterocycles. The Hall–Kier alpha value is -4.65. The quantitative estimate of drug-likeness (QED) is 0.332. The predicted octanol–water partition coefficient (Wildman–Crippen LogP) is 5.64. The lowest BCUT2D eigenvalue weighted by Gasteiger charge is -2.11. The zero-order valence-electron chi connectivity index (χ0n) is 17.8. The van der Waals surface area contributed by atoms with E-state index >= 15 is 0 Å². The third kappa shape index (κ3) is 4.24. The van der Waals surface area contributed by atoms with Crippen molar-refractivity contribution in [1.82, 2.24) is 9.97 Å². The summed E-state index contributed by atoms with van der Waals surface area (Å²) in [5.74, 6) is 0.262. The van der Waals surface area contributed by atoms with Crippen LogP contribution in [0, 0.1) is 6.92 Å². The van der Waals surface area contributed by atoms with Crippen molar-refractivity contribution in [2.24, 2.45) is 0 Å². The fourth-order valence-corrected chi connectivity index (χ4v) is 3.53. The van der Waals surface area contributed by atoms with Crippen LogP contribution in [0.3, 0.4) is 0 Å². The first-order valence-corrected chi connectivity index (χ1v) is 10.4. The first kappa shape index (κ1) is 20.3. The summed E-state index contributed by atoms with van der Waals surface area (Å²) in [5, 5.41) is 5.70. The number of anilines is 2. The van der Waals surface area contributed by atoms with E-state index < -0.39 is 0 Å². The highest BCUT2D eigenvalue weighted by Gasteiger charge is 2.13. The maximum absolute atomic E-state index is 13.0. The number of nitrogens with zero attached hydrogens (tertiary/aromatic N) is 1. The van der Waals surface area contributed by atoms with Gasteiger partial charge in [-0.05, 0) is 61.0 Å². The second-order valence-electron chi connectivity index (χ2n) is 7.60. The molecular weight excluding hydrogens is 416 g/mol. The molecule has 3 aromatic carbocycles. The second-order valence-corrected chi connectivity index (χ2v) is 7.60. The summed E-state index contributed by atoms with van der Waals surface area (Å²) in [6.45, 7) is 1.93. The van der Waals surface area contributed by atoms with Crippen molar-refractivity contribution in [3.05, 3.63) is 102 Å². The zero-order valence-corrected chi connectivity index (χ0v) is 17.8. The van der Waals surface area contributed by atoms with Gasteiger partial charge in [0.1, 0.15) is 5.82 Å². The Labute approximate surface area is 189 Å². The van der Waals surface area contributed by atoms with Crippen LogP contribution in [-0.2, 0) is 0 Å². The van der Waals surface area contributed by atoms with E-state index in [2.05, 4.69) is 20.6 Å². The fourth-order valence-electron chi connectivity index (χ4n) is 3.53. The van der Waals surface area contributed by atoms with E-state index in [1.54, 1.807) is 36.4 Å². The lowest BCUT2D eigenvalue weighted by molar-refractivity contribution is 0.0993. The van der Waals surface area contributed by atoms with Crippen LogP contribution < -0.4 is 10.6 Å². The Balaban J connectivity index is 1.36. The summed E-state index contributed by atoms with van der Waals surface area (Å²) in [7, 11) is 0. The number of aromatic nitrogens is 2. The van der Waals surface area contributed by atoms with E-state index in [0.29, 0.717) is 16.9 Å². The van der Waals surface area contributed by atoms with Crippen LogP contribution in [-0.4, -0.2) is 21.8 Å². The van der Waals surface area contributed by atoms with Gasteiger partial charge in [0.25, 0.3) is 11.8 Å². The van der Waals surface area contributed by atoms with Crippen molar-refractivity contribution in [3.63, 3.8) is 0 Å². The smallest absolute Gasteiger partial charge is 0.291 e. The number of hydrogen-bond acceptors (Lipinski definition) is 4. The molecule has 7 heteroatoms. The number of hydrogen-bond donors (Lipinski definition) is 3. The number of amides is 2. The molecule has 0 spiro atoms. The standard InChI is InChI=1S/C26H20N4O3/c1-16-11-12-17(24-28-20-8-2-3-9-21(20)29-24)15-22(16)30-25(31)18-6-4-7-19(14-18)27-26(32)23-10-5-13-33-23/h2-15H,1H3,(H,27,32)(H,28,29)(H,30,31). The molecule has 0 saturated carbocycles. The Morgan fingerprint density at radius 2 is 1.76 bits per heavy atom. The maximum Gasteiger partial charge on any atom is 0.291 e. The monoisotopic (exact) mass is 436 g/mol. The molecule has 0 unspecified atom stereocenters. The van der Waals surface area contributed by atoms with Crippen LogP contribution in [0.5, 0.6) is 0 Å². The number of furan rings is 1. The summed E-state index contributed by atoms with van der Waals surface area (Å²) in [5.41, 5.74) is 5.22. The molecular formula is C26H20N4O3. The van der Waals surface area contributed by atoms with E-state index in [1.807, 2.05) is 49.4 Å². The second kappa shape index (κ2) is 8.47. The van der Waals surface area contributed by atoms with Crippen molar-refractivity contribution in [1.29, 1.82) is 0 Å². The number of aromatic amines is 1. The minimum Gasteiger partial charge on any atom is -0.459 e. The molecule has 0 radical (unpaired) electrons. The highest BCUT2D eigenvalue weighted by Crippen LogP contribution is 2.26. The molecule has 33 heavy (non-hydrogen) atoms. The Bertz CT molecular complexity index is 1440. The van der Waals surface area contributed by atoms with E-state index in [1.165, 1.54) is 6.26 Å². The normalized spacial score (nSPS) is 10.8. The number of fused-ring (bicyclic) bond motifs is 1. The largest absolute Gasteiger partial charge is 0.459 e. The van der Waals surface area contributed by atoms with Crippen LogP contribution in [0.4, 0.5) is 11.4 Å². The maximum atomic E-state index is 13.0. The van der Waals surface area contributed by atoms with Crippen LogP contribution in [0.25, 0.3) is 22.4 Å². The molecule has 0 aliphatic rings. The van der Waals surface area contributed by atoms with Gasteiger partial charge in [-0.1, -0.05) is 30.3 Å². The zero-order chi connectivity index (χ0) is 22.8. The predicted molar refractivity (Wildman–Crippen MR) is 127 cm³/mol. The average Bonchev–Trinajstić information content (AvgIpc) is 3.51. The Morgan fingerprint density at radius 3 is 2.58 bits per heavy atom. The number of H-pyrrole nitrogens is 1. The Morgan fingerprint density at radius 1 is 0.879 bits per heavy atom. The topological polar surface area (TPSA) is 100 Å². The van der Waals surface area contributed by atoms with Gasteiger partial charge in [0.15, 0.2) is 5.76 Å². The third-order valence-electron chi connectivity index (χ3n) is 5.28. The molecule has 162 valence electrons. The molecule has 7 nitrogen and oxygen atoms in total. The molecule has 3 N–H and O–H groups in total. The molecule has 0 bridgehead atoms. The van der Waals surface area contributed by atoms with Crippen LogP contribution in [0.2, 0.25) is 0 Å². The van der Waals surface area contributed by atoms with Crippen LogP contribution in [0.1, 0.15) is 26.5 Å². The number of carbonyl (C=O) groups is 2. The van der Waals surface area contributed by atoms with Crippen molar-refractivity contribution in [2.45, 2.75) is 6.92 Å². The molecule has 2 heterocycles. The van der Waals surface area contributed by atoms with E-state index in [9.17, 15) is 9.59 Å². The SMILES string of the molecule is Cc1ccc(-c2nc3ccccc3[nH]2)cc1NC(=O)c1cccc(NC(=O)c2ccco2)c1. The Kier molecular flexibility index (Phi) is 5.20. The minimum atomic E-state index is -0.382. The fraction of sp³-hybridized carbons (Fsp3) is 0.0385. The summed E-state index contributed by atoms with van der Waals surface area (Å²) >= 11 is 0. The summed E-state index contributed by atoms with van der Waals surface area (Å²) < 4.78 is 5.11. The minimum absolute atomic E-state index is 0.197. The van der Waals surface area contributed by atoms with Gasteiger partial charge >= 0.3 is 0 Å². The third-order valence-corrected chi connectivity index (χ3v) is 5.28. The number of benzene rings is 3. The molecule has 2 amide bonds. The number of para-hydroxylation sites is 2. The van der Waals surface area contributed by atoms with Crippen molar-refractivity contribution < 1.29 is 14.0 Å². The average molecular weight is 436 g/mol. The van der Waals surface area contributed by atoms with Crippen molar-refractivity contribution >= 4 is 34.2 Å². The van der Waals surface area contributed by atoms with Gasteiger partial charge in [-0.3, -0.25) is 9.59 Å². The van der Waals surface area contributed by atoms with E-state index in [4.69, 9.17) is 4.42 Å². The molecule has 0 atom stereocenters. The van der Waals surface area contributed by atoms with E-state index in [-0.39, 0.29) is 17.6 Å². The molecule has 2 aromatic heterocycles. The number of aryl methyl sites for hydroxylation is 1. The summed E-state index contributed by atoms with van der Waals surface area (Å²) in [4.78, 5) is 33.1. The van der Waals surface area contributed by atoms with Gasteiger partial charge in [0.2, 0.25) is 0 Å². The van der Waals surface area contributed by atoms with Crippen molar-refractivity contribution in [2.75, 3.05) is 10.6 Å². The number of imidazole rings is 1. The van der Waals surface area contributed by atoms with E-state index in [0.717, 1.165) is 28.0 Å². The van der Waals surface area contributed by atoms with Crippen molar-refractivity contribution in [3.8, 4) is 11.4 Å². The first-order valence-electron chi connectivity index (χ1n) is 10.4. The van der Waals surface area contributed by atoms with Gasteiger partial charge in [0.05, 0.1) is 17.3 Å². The first-order chi connectivity index (χ1) is 16.1. The summed E-state index contributed by atoms with van der Waals surface area (Å²) in [6.07, 6.45) is 1.43. The van der Waals surface area contributed by atoms with Gasteiger partial charge in [-0.2, -0.15) is 0 Å².